The van der Waals surface area contributed by atoms with E-state index in [1.54, 1.807) is 88.4 Å². The van der Waals surface area contributed by atoms with Crippen LogP contribution < -0.4 is 21.3 Å². The smallest absolute Gasteiger partial charge is 0.412 e. The second-order valence-electron chi connectivity index (χ2n) is 11.0. The normalized spacial score (nSPS) is 11.9. The molecule has 1 atom stereocenters. The molecule has 4 amide bonds. The van der Waals surface area contributed by atoms with Crippen LogP contribution in [0, 0.1) is 12.7 Å². The van der Waals surface area contributed by atoms with Crippen molar-refractivity contribution in [3.63, 3.8) is 0 Å². The lowest BCUT2D eigenvalue weighted by molar-refractivity contribution is 0.0635. The van der Waals surface area contributed by atoms with Crippen molar-refractivity contribution < 1.29 is 23.5 Å². The number of aryl methyl sites for hydroxylation is 1. The van der Waals surface area contributed by atoms with Gasteiger partial charge in [0.2, 0.25) is 0 Å². The Hall–Kier alpha value is -4.44. The summed E-state index contributed by atoms with van der Waals surface area (Å²) >= 11 is 0. The van der Waals surface area contributed by atoms with Crippen molar-refractivity contribution in [1.29, 1.82) is 0 Å². The number of anilines is 3. The molecule has 0 aliphatic heterocycles. The first-order valence-electron chi connectivity index (χ1n) is 13.3. The van der Waals surface area contributed by atoms with Crippen LogP contribution in [0.4, 0.5) is 31.0 Å². The van der Waals surface area contributed by atoms with Crippen LogP contribution in [0.15, 0.2) is 66.7 Å². The first-order chi connectivity index (χ1) is 19.3. The molecule has 0 aliphatic carbocycles. The third-order valence-corrected chi connectivity index (χ3v) is 5.99. The molecule has 4 N–H and O–H groups in total. The van der Waals surface area contributed by atoms with Crippen molar-refractivity contribution in [3.05, 3.63) is 89.2 Å². The largest absolute Gasteiger partial charge is 0.444 e. The van der Waals surface area contributed by atoms with Crippen molar-refractivity contribution >= 4 is 35.1 Å². The van der Waals surface area contributed by atoms with E-state index in [0.717, 1.165) is 5.56 Å². The Morgan fingerprint density at radius 1 is 0.902 bits per heavy atom. The predicted molar refractivity (Wildman–Crippen MR) is 160 cm³/mol. The third kappa shape index (κ3) is 9.91. The van der Waals surface area contributed by atoms with Crippen LogP contribution in [0.25, 0.3) is 0 Å². The summed E-state index contributed by atoms with van der Waals surface area (Å²) in [6.07, 6.45) is -0.0193. The van der Waals surface area contributed by atoms with Gasteiger partial charge >= 0.3 is 12.1 Å². The maximum absolute atomic E-state index is 13.9. The summed E-state index contributed by atoms with van der Waals surface area (Å²) in [7, 11) is 3.88. The molecule has 0 aromatic heterocycles. The number of rotatable bonds is 9. The number of para-hydroxylation sites is 2. The van der Waals surface area contributed by atoms with Crippen molar-refractivity contribution in [2.75, 3.05) is 36.6 Å². The monoisotopic (exact) mass is 563 g/mol. The number of ether oxygens (including phenoxy) is 1. The molecule has 3 rings (SSSR count). The number of amides is 4. The summed E-state index contributed by atoms with van der Waals surface area (Å²) in [5.74, 6) is -0.768. The van der Waals surface area contributed by atoms with E-state index in [-0.39, 0.29) is 11.9 Å². The third-order valence-electron chi connectivity index (χ3n) is 5.99. The van der Waals surface area contributed by atoms with E-state index < -0.39 is 23.5 Å². The second-order valence-corrected chi connectivity index (χ2v) is 11.0. The molecule has 3 aromatic rings. The quantitative estimate of drug-likeness (QED) is 0.236. The van der Waals surface area contributed by atoms with Crippen LogP contribution >= 0.6 is 0 Å². The summed E-state index contributed by atoms with van der Waals surface area (Å²) in [5.41, 5.74) is 2.20. The van der Waals surface area contributed by atoms with Gasteiger partial charge < -0.3 is 25.6 Å². The average Bonchev–Trinajstić information content (AvgIpc) is 2.88. The standard InChI is InChI=1S/C31H38FN5O4/c1-20-11-16-23(19-24(20)32)33-29(39)35-25(17-18-37(5)6)21-12-14-22(15-13-21)28(38)34-26-9-7-8-10-27(26)36-30(40)41-31(2,3)4/h7-16,19,25H,17-18H2,1-6H3,(H,34,38)(H,36,40)(H2,33,35,39). The van der Waals surface area contributed by atoms with E-state index in [9.17, 15) is 18.8 Å². The summed E-state index contributed by atoms with van der Waals surface area (Å²) in [6, 6.07) is 17.4. The molecule has 1 unspecified atom stereocenters. The zero-order valence-electron chi connectivity index (χ0n) is 24.3. The first kappa shape index (κ1) is 31.1. The van der Waals surface area contributed by atoms with Gasteiger partial charge in [-0.05, 0) is 102 Å². The average molecular weight is 564 g/mol. The molecular weight excluding hydrogens is 525 g/mol. The minimum absolute atomic E-state index is 0.352. The van der Waals surface area contributed by atoms with E-state index in [0.29, 0.717) is 41.2 Å². The van der Waals surface area contributed by atoms with E-state index in [1.807, 2.05) is 19.0 Å². The van der Waals surface area contributed by atoms with Gasteiger partial charge in [0.1, 0.15) is 11.4 Å². The molecule has 9 nitrogen and oxygen atoms in total. The summed E-state index contributed by atoms with van der Waals surface area (Å²) in [6.45, 7) is 7.65. The molecule has 0 fully saturated rings. The molecule has 0 radical (unpaired) electrons. The fraction of sp³-hybridized carbons (Fsp3) is 0.323. The number of benzene rings is 3. The number of nitrogens with one attached hydrogen (secondary N) is 4. The minimum Gasteiger partial charge on any atom is -0.444 e. The second kappa shape index (κ2) is 13.8. The van der Waals surface area contributed by atoms with Crippen molar-refractivity contribution in [2.24, 2.45) is 0 Å². The number of hydrogen-bond donors (Lipinski definition) is 4. The number of halogens is 1. The highest BCUT2D eigenvalue weighted by Crippen LogP contribution is 2.24. The Kier molecular flexibility index (Phi) is 10.4. The van der Waals surface area contributed by atoms with Gasteiger partial charge in [0.05, 0.1) is 17.4 Å². The van der Waals surface area contributed by atoms with Gasteiger partial charge in [-0.25, -0.2) is 14.0 Å². The predicted octanol–water partition coefficient (Wildman–Crippen LogP) is 6.55. The zero-order valence-corrected chi connectivity index (χ0v) is 24.3. The molecule has 41 heavy (non-hydrogen) atoms. The van der Waals surface area contributed by atoms with Crippen LogP contribution in [0.1, 0.15) is 54.7 Å². The van der Waals surface area contributed by atoms with Gasteiger partial charge in [-0.15, -0.1) is 0 Å². The number of carbonyl (C=O) groups is 3. The lowest BCUT2D eigenvalue weighted by atomic mass is 10.0. The summed E-state index contributed by atoms with van der Waals surface area (Å²) in [4.78, 5) is 40.0. The van der Waals surface area contributed by atoms with E-state index >= 15 is 0 Å². The molecule has 0 spiro atoms. The zero-order chi connectivity index (χ0) is 30.2. The first-order valence-corrected chi connectivity index (χ1v) is 13.3. The fourth-order valence-electron chi connectivity index (χ4n) is 3.88. The van der Waals surface area contributed by atoms with Crippen LogP contribution in [-0.4, -0.2) is 49.2 Å². The van der Waals surface area contributed by atoms with Gasteiger partial charge in [0.25, 0.3) is 5.91 Å². The summed E-state index contributed by atoms with van der Waals surface area (Å²) < 4.78 is 19.2. The lowest BCUT2D eigenvalue weighted by Gasteiger charge is -2.22. The maximum atomic E-state index is 13.9. The van der Waals surface area contributed by atoms with Crippen molar-refractivity contribution in [3.8, 4) is 0 Å². The number of urea groups is 1. The van der Waals surface area contributed by atoms with Crippen molar-refractivity contribution in [2.45, 2.75) is 45.8 Å². The number of hydrogen-bond acceptors (Lipinski definition) is 5. The Bertz CT molecular complexity index is 1370. The molecule has 10 heteroatoms. The van der Waals surface area contributed by atoms with E-state index in [1.165, 1.54) is 6.07 Å². The number of nitrogens with zero attached hydrogens (tertiary/aromatic N) is 1. The SMILES string of the molecule is Cc1ccc(NC(=O)NC(CCN(C)C)c2ccc(C(=O)Nc3ccccc3NC(=O)OC(C)(C)C)cc2)cc1F. The van der Waals surface area contributed by atoms with Gasteiger partial charge in [0.15, 0.2) is 0 Å². The Morgan fingerprint density at radius 2 is 1.54 bits per heavy atom. The topological polar surface area (TPSA) is 112 Å². The van der Waals surface area contributed by atoms with Gasteiger partial charge in [-0.2, -0.15) is 0 Å². The van der Waals surface area contributed by atoms with Crippen LogP contribution in [0.5, 0.6) is 0 Å². The highest BCUT2D eigenvalue weighted by Gasteiger charge is 2.19. The molecular formula is C31H38FN5O4. The lowest BCUT2D eigenvalue weighted by Crippen LogP contribution is -2.34. The highest BCUT2D eigenvalue weighted by molar-refractivity contribution is 6.06. The molecule has 3 aromatic carbocycles. The van der Waals surface area contributed by atoms with E-state index in [2.05, 4.69) is 21.3 Å². The maximum Gasteiger partial charge on any atom is 0.412 e. The Labute approximate surface area is 240 Å². The van der Waals surface area contributed by atoms with Crippen LogP contribution in [0.3, 0.4) is 0 Å². The van der Waals surface area contributed by atoms with Gasteiger partial charge in [0, 0.05) is 11.3 Å². The Morgan fingerprint density at radius 3 is 2.12 bits per heavy atom. The Balaban J connectivity index is 1.70. The van der Waals surface area contributed by atoms with Gasteiger partial charge in [-0.3, -0.25) is 10.1 Å². The fourth-order valence-corrected chi connectivity index (χ4v) is 3.88. The van der Waals surface area contributed by atoms with Crippen LogP contribution in [-0.2, 0) is 4.74 Å². The van der Waals surface area contributed by atoms with Gasteiger partial charge in [-0.1, -0.05) is 30.3 Å². The van der Waals surface area contributed by atoms with Crippen molar-refractivity contribution in [1.82, 2.24) is 10.2 Å². The molecule has 218 valence electrons. The van der Waals surface area contributed by atoms with Crippen LogP contribution in [0.2, 0.25) is 0 Å². The highest BCUT2D eigenvalue weighted by atomic mass is 19.1. The minimum atomic E-state index is -0.664. The molecule has 0 bridgehead atoms. The summed E-state index contributed by atoms with van der Waals surface area (Å²) in [5, 5.41) is 11.1. The van der Waals surface area contributed by atoms with E-state index in [4.69, 9.17) is 4.74 Å². The number of carbonyl (C=O) groups excluding carboxylic acids is 3. The molecule has 0 saturated heterocycles. The molecule has 0 heterocycles. The molecule has 0 aliphatic rings. The molecule has 0 saturated carbocycles.